The SMILES string of the molecule is COc1cccc(Cl)c1C(CN)N1CCCOC(C)C1. The topological polar surface area (TPSA) is 47.7 Å². The van der Waals surface area contributed by atoms with E-state index in [-0.39, 0.29) is 12.1 Å². The fourth-order valence-corrected chi connectivity index (χ4v) is 3.07. The van der Waals surface area contributed by atoms with Gasteiger partial charge in [0.25, 0.3) is 0 Å². The minimum absolute atomic E-state index is 0.0581. The predicted octanol–water partition coefficient (Wildman–Crippen LogP) is 2.46. The lowest BCUT2D eigenvalue weighted by Gasteiger charge is -2.32. The number of rotatable bonds is 4. The number of ether oxygens (including phenoxy) is 2. The summed E-state index contributed by atoms with van der Waals surface area (Å²) in [5.41, 5.74) is 7.01. The summed E-state index contributed by atoms with van der Waals surface area (Å²) in [5.74, 6) is 0.797. The van der Waals surface area contributed by atoms with Crippen LogP contribution >= 0.6 is 11.6 Å². The molecule has 1 heterocycles. The van der Waals surface area contributed by atoms with Gasteiger partial charge in [-0.15, -0.1) is 0 Å². The maximum Gasteiger partial charge on any atom is 0.125 e. The summed E-state index contributed by atoms with van der Waals surface area (Å²) < 4.78 is 11.2. The fourth-order valence-electron chi connectivity index (χ4n) is 2.78. The number of halogens is 1. The molecule has 0 amide bonds. The van der Waals surface area contributed by atoms with E-state index >= 15 is 0 Å². The Kier molecular flexibility index (Phi) is 5.66. The van der Waals surface area contributed by atoms with Crippen molar-refractivity contribution < 1.29 is 9.47 Å². The van der Waals surface area contributed by atoms with Gasteiger partial charge in [-0.2, -0.15) is 0 Å². The zero-order valence-corrected chi connectivity index (χ0v) is 12.9. The Morgan fingerprint density at radius 2 is 2.35 bits per heavy atom. The Hall–Kier alpha value is -0.810. The molecule has 0 bridgehead atoms. The van der Waals surface area contributed by atoms with Gasteiger partial charge in [0.2, 0.25) is 0 Å². The standard InChI is InChI=1S/C15H23ClN2O2/c1-11-10-18(7-4-8-20-11)13(9-17)15-12(16)5-3-6-14(15)19-2/h3,5-6,11,13H,4,7-10,17H2,1-2H3. The van der Waals surface area contributed by atoms with Crippen molar-refractivity contribution in [2.75, 3.05) is 33.4 Å². The van der Waals surface area contributed by atoms with E-state index in [9.17, 15) is 0 Å². The van der Waals surface area contributed by atoms with E-state index in [1.165, 1.54) is 0 Å². The second kappa shape index (κ2) is 7.27. The molecule has 1 aromatic rings. The van der Waals surface area contributed by atoms with Crippen LogP contribution in [0.25, 0.3) is 0 Å². The average Bonchev–Trinajstić information content (AvgIpc) is 2.66. The first kappa shape index (κ1) is 15.6. The van der Waals surface area contributed by atoms with Crippen LogP contribution in [-0.2, 0) is 4.74 Å². The van der Waals surface area contributed by atoms with Crippen LogP contribution in [0.4, 0.5) is 0 Å². The van der Waals surface area contributed by atoms with Gasteiger partial charge in [0.1, 0.15) is 5.75 Å². The molecule has 2 unspecified atom stereocenters. The molecule has 2 atom stereocenters. The van der Waals surface area contributed by atoms with Gasteiger partial charge < -0.3 is 15.2 Å². The van der Waals surface area contributed by atoms with Crippen molar-refractivity contribution in [3.63, 3.8) is 0 Å². The van der Waals surface area contributed by atoms with Crippen molar-refractivity contribution in [3.8, 4) is 5.75 Å². The number of nitrogens with zero attached hydrogens (tertiary/aromatic N) is 1. The number of hydrogen-bond donors (Lipinski definition) is 1. The Balaban J connectivity index is 2.31. The molecule has 112 valence electrons. The van der Waals surface area contributed by atoms with Gasteiger partial charge in [-0.3, -0.25) is 4.90 Å². The van der Waals surface area contributed by atoms with Crippen LogP contribution in [0.1, 0.15) is 24.9 Å². The van der Waals surface area contributed by atoms with Crippen molar-refractivity contribution in [1.29, 1.82) is 0 Å². The highest BCUT2D eigenvalue weighted by molar-refractivity contribution is 6.31. The Bertz CT molecular complexity index is 442. The predicted molar refractivity (Wildman–Crippen MR) is 81.4 cm³/mol. The van der Waals surface area contributed by atoms with Gasteiger partial charge in [0, 0.05) is 36.8 Å². The first-order valence-corrected chi connectivity index (χ1v) is 7.43. The van der Waals surface area contributed by atoms with E-state index in [1.54, 1.807) is 7.11 Å². The molecule has 4 nitrogen and oxygen atoms in total. The summed E-state index contributed by atoms with van der Waals surface area (Å²) in [5, 5.41) is 0.706. The fraction of sp³-hybridized carbons (Fsp3) is 0.600. The molecule has 0 radical (unpaired) electrons. The van der Waals surface area contributed by atoms with Crippen molar-refractivity contribution in [2.45, 2.75) is 25.5 Å². The lowest BCUT2D eigenvalue weighted by molar-refractivity contribution is 0.0609. The third kappa shape index (κ3) is 3.44. The molecule has 1 aromatic carbocycles. The van der Waals surface area contributed by atoms with Gasteiger partial charge in [0.15, 0.2) is 0 Å². The molecule has 0 aromatic heterocycles. The summed E-state index contributed by atoms with van der Waals surface area (Å²) >= 11 is 6.38. The lowest BCUT2D eigenvalue weighted by atomic mass is 10.0. The number of benzene rings is 1. The molecule has 2 N–H and O–H groups in total. The Morgan fingerprint density at radius 1 is 1.55 bits per heavy atom. The quantitative estimate of drug-likeness (QED) is 0.927. The lowest BCUT2D eigenvalue weighted by Crippen LogP contribution is -2.38. The van der Waals surface area contributed by atoms with E-state index in [0.29, 0.717) is 11.6 Å². The van der Waals surface area contributed by atoms with Crippen LogP contribution in [0.2, 0.25) is 5.02 Å². The van der Waals surface area contributed by atoms with E-state index in [0.717, 1.165) is 37.4 Å². The minimum atomic E-state index is 0.0581. The van der Waals surface area contributed by atoms with E-state index in [1.807, 2.05) is 18.2 Å². The van der Waals surface area contributed by atoms with Crippen molar-refractivity contribution in [1.82, 2.24) is 4.90 Å². The van der Waals surface area contributed by atoms with Crippen LogP contribution < -0.4 is 10.5 Å². The van der Waals surface area contributed by atoms with Gasteiger partial charge in [0.05, 0.1) is 19.3 Å². The Labute approximate surface area is 125 Å². The van der Waals surface area contributed by atoms with Crippen LogP contribution in [0.15, 0.2) is 18.2 Å². The highest BCUT2D eigenvalue weighted by atomic mass is 35.5. The number of nitrogens with two attached hydrogens (primary N) is 1. The van der Waals surface area contributed by atoms with E-state index in [2.05, 4.69) is 11.8 Å². The summed E-state index contributed by atoms with van der Waals surface area (Å²) in [6.45, 7) is 5.22. The molecule has 1 saturated heterocycles. The summed E-state index contributed by atoms with van der Waals surface area (Å²) in [4.78, 5) is 2.35. The van der Waals surface area contributed by atoms with Gasteiger partial charge in [-0.25, -0.2) is 0 Å². The smallest absolute Gasteiger partial charge is 0.125 e. The zero-order valence-electron chi connectivity index (χ0n) is 12.1. The van der Waals surface area contributed by atoms with Gasteiger partial charge in [-0.05, 0) is 25.5 Å². The number of hydrogen-bond acceptors (Lipinski definition) is 4. The zero-order chi connectivity index (χ0) is 14.5. The van der Waals surface area contributed by atoms with Crippen LogP contribution in [0, 0.1) is 0 Å². The number of methoxy groups -OCH3 is 1. The molecule has 5 heteroatoms. The second-order valence-corrected chi connectivity index (χ2v) is 5.54. The van der Waals surface area contributed by atoms with Gasteiger partial charge >= 0.3 is 0 Å². The maximum atomic E-state index is 6.38. The monoisotopic (exact) mass is 298 g/mol. The molecule has 1 aliphatic heterocycles. The molecule has 1 fully saturated rings. The highest BCUT2D eigenvalue weighted by Gasteiger charge is 2.27. The third-order valence-corrected chi connectivity index (χ3v) is 4.04. The van der Waals surface area contributed by atoms with Crippen molar-refractivity contribution in [2.24, 2.45) is 5.73 Å². The molecule has 0 saturated carbocycles. The van der Waals surface area contributed by atoms with Crippen molar-refractivity contribution >= 4 is 11.6 Å². The third-order valence-electron chi connectivity index (χ3n) is 3.71. The van der Waals surface area contributed by atoms with Crippen molar-refractivity contribution in [3.05, 3.63) is 28.8 Å². The molecule has 2 rings (SSSR count). The van der Waals surface area contributed by atoms with Crippen LogP contribution in [0.5, 0.6) is 5.75 Å². The van der Waals surface area contributed by atoms with E-state index in [4.69, 9.17) is 26.8 Å². The highest BCUT2D eigenvalue weighted by Crippen LogP contribution is 2.35. The molecule has 0 spiro atoms. The molecular weight excluding hydrogens is 276 g/mol. The van der Waals surface area contributed by atoms with Gasteiger partial charge in [-0.1, -0.05) is 17.7 Å². The second-order valence-electron chi connectivity index (χ2n) is 5.14. The molecular formula is C15H23ClN2O2. The summed E-state index contributed by atoms with van der Waals surface area (Å²) in [6, 6.07) is 5.77. The minimum Gasteiger partial charge on any atom is -0.496 e. The first-order valence-electron chi connectivity index (χ1n) is 7.05. The Morgan fingerprint density at radius 3 is 3.05 bits per heavy atom. The summed E-state index contributed by atoms with van der Waals surface area (Å²) in [7, 11) is 1.66. The molecule has 1 aliphatic rings. The van der Waals surface area contributed by atoms with Crippen LogP contribution in [0.3, 0.4) is 0 Å². The largest absolute Gasteiger partial charge is 0.496 e. The maximum absolute atomic E-state index is 6.38. The van der Waals surface area contributed by atoms with E-state index < -0.39 is 0 Å². The van der Waals surface area contributed by atoms with Crippen LogP contribution in [-0.4, -0.2) is 44.4 Å². The summed E-state index contributed by atoms with van der Waals surface area (Å²) in [6.07, 6.45) is 1.22. The average molecular weight is 299 g/mol. The molecule has 20 heavy (non-hydrogen) atoms. The normalized spacial score (nSPS) is 22.3. The molecule has 0 aliphatic carbocycles. The first-order chi connectivity index (χ1) is 9.67.